The van der Waals surface area contributed by atoms with E-state index in [9.17, 15) is 27.9 Å². The Labute approximate surface area is 780 Å². The number of anilines is 3. The van der Waals surface area contributed by atoms with Crippen LogP contribution in [0.25, 0.3) is 53.6 Å². The summed E-state index contributed by atoms with van der Waals surface area (Å²) in [5.74, 6) is 1.69. The molecule has 706 valence electrons. The molecule has 4 fully saturated rings. The van der Waals surface area contributed by atoms with Crippen LogP contribution in [0.4, 0.5) is 29.8 Å². The van der Waals surface area contributed by atoms with Gasteiger partial charge >= 0.3 is 35.5 Å². The number of nitrogens with zero attached hydrogens (tertiary/aromatic N) is 15. The third-order valence-corrected chi connectivity index (χ3v) is 25.9. The lowest BCUT2D eigenvalue weighted by Gasteiger charge is -2.37. The van der Waals surface area contributed by atoms with Crippen molar-refractivity contribution in [3.05, 3.63) is 113 Å². The number of thiazole rings is 3. The topological polar surface area (TPSA) is 352 Å². The van der Waals surface area contributed by atoms with Crippen molar-refractivity contribution in [1.29, 1.82) is 0 Å². The molecule has 4 aromatic carbocycles. The van der Waals surface area contributed by atoms with Crippen LogP contribution >= 0.6 is 49.9 Å². The van der Waals surface area contributed by atoms with Crippen LogP contribution in [0.5, 0.6) is 28.7 Å². The number of piperidine rings is 3. The van der Waals surface area contributed by atoms with Gasteiger partial charge in [0.15, 0.2) is 52.7 Å². The highest BCUT2D eigenvalue weighted by atomic mass is 79.9. The standard InChI is InChI=1S/C31H37N5O7S2.C24H31N5O5S.C16H22BrN5O2S.C15H23BO4.4CH4/c1-20-7-10-23(11-8-20)45(38,39)43-22-9-12-24(26(17-22)41-19-40-6)25-18-27-28(34-33-25)32-29(44-27)35(5)21-13-15-36(16-14-21)30(37)42-31(2,3)4;1-24(2,3)34-23(31)29-10-8-15(9-11-29)28(4)22-25-21-20(35-22)13-18(26-27-21)17-7-6-16(30)12-19(17)33-14-32-5;1-16(2,3)24-15(23)22-7-5-10(6-8-22)21(4)14-18-13-11(25-14)9-12(17)19-20-13;1-11-7-8-12(13(9-11)18-10-17-6)16-19-14(2,3)15(4,5)20-16;;;;/h7-12,17-18,21H,13-16,19H2,1-6H3;6-7,12-13,15,30H,8-11,14H2,1-5H3;9-10H,5-8H2,1-4H3;7-9H,10H2,1-6H3;4*1H4. The zero-order valence-electron chi connectivity index (χ0n) is 74.8. The lowest BCUT2D eigenvalue weighted by atomic mass is 9.78. The van der Waals surface area contributed by atoms with Crippen LogP contribution in [-0.2, 0) is 47.8 Å². The molecule has 1 N–H and O–H groups in total. The zero-order chi connectivity index (χ0) is 90.7. The zero-order valence-corrected chi connectivity index (χ0v) is 79.6. The number of benzene rings is 4. The Morgan fingerprint density at radius 3 is 1.23 bits per heavy atom. The molecule has 0 bridgehead atoms. The van der Waals surface area contributed by atoms with Crippen molar-refractivity contribution in [2.24, 2.45) is 0 Å². The number of carbonyl (C=O) groups is 3. The van der Waals surface area contributed by atoms with Gasteiger partial charge in [-0.25, -0.2) is 14.4 Å². The third kappa shape index (κ3) is 28.4. The molecular weight excluding hydrogens is 1800 g/mol. The minimum absolute atomic E-state index is 0. The van der Waals surface area contributed by atoms with Gasteiger partial charge in [-0.3, -0.25) is 0 Å². The van der Waals surface area contributed by atoms with Crippen LogP contribution in [0.2, 0.25) is 0 Å². The number of rotatable bonds is 21. The summed E-state index contributed by atoms with van der Waals surface area (Å²) in [6.07, 6.45) is 4.24. The van der Waals surface area contributed by atoms with Gasteiger partial charge in [0.1, 0.15) is 55.0 Å². The average Bonchev–Trinajstić information content (AvgIpc) is 1.63. The summed E-state index contributed by atoms with van der Waals surface area (Å²) in [5, 5.41) is 37.9. The molecule has 129 heavy (non-hydrogen) atoms. The van der Waals surface area contributed by atoms with E-state index < -0.39 is 34.0 Å². The first-order valence-corrected chi connectivity index (χ1v) is 45.6. The molecule has 4 aliphatic rings. The summed E-state index contributed by atoms with van der Waals surface area (Å²) in [4.78, 5) is 62.8. The SMILES string of the molecule is C.C.C.C.CN(c1nc2nnc(Br)cc2s1)C1CCN(C(=O)OC(C)(C)C)CC1.COCOc1cc(C)ccc1B1OC(C)(C)C(C)(C)O1.COCOc1cc(O)ccc1-c1cc2sc(N(C)C3CCN(C(=O)OC(C)(C)C)CC3)nc2nn1.COCOc1cc(OS(=O)(=O)c2ccc(C)cc2)ccc1-c1cc2sc(N(C)C3CCN(C(=O)OC(C)(C)C)CC3)nc2nn1. The number of aromatic nitrogens is 9. The number of fused-ring (bicyclic) bond motifs is 3. The van der Waals surface area contributed by atoms with Crippen molar-refractivity contribution in [2.45, 2.75) is 223 Å². The van der Waals surface area contributed by atoms with E-state index in [1.807, 2.05) is 161 Å². The maximum Gasteiger partial charge on any atom is 0.498 e. The number of amides is 3. The number of aryl methyl sites for hydroxylation is 2. The fourth-order valence-corrected chi connectivity index (χ4v) is 17.8. The Morgan fingerprint density at radius 1 is 0.488 bits per heavy atom. The van der Waals surface area contributed by atoms with Gasteiger partial charge in [0.25, 0.3) is 0 Å². The van der Waals surface area contributed by atoms with Gasteiger partial charge in [-0.05, 0) is 225 Å². The third-order valence-electron chi connectivity index (χ3n) is 21.0. The van der Waals surface area contributed by atoms with Gasteiger partial charge in [-0.2, -0.15) is 23.4 Å². The average molecular weight is 1930 g/mol. The molecule has 33 nitrogen and oxygen atoms in total. The smallest absolute Gasteiger partial charge is 0.498 e. The number of hydrogen-bond acceptors (Lipinski definition) is 33. The van der Waals surface area contributed by atoms with Crippen LogP contribution in [0.1, 0.15) is 169 Å². The second kappa shape index (κ2) is 45.4. The van der Waals surface area contributed by atoms with Gasteiger partial charge in [0.05, 0.1) is 36.7 Å². The molecule has 4 saturated heterocycles. The van der Waals surface area contributed by atoms with E-state index in [-0.39, 0.29) is 108 Å². The molecule has 0 unspecified atom stereocenters. The molecule has 6 aromatic heterocycles. The number of phenolic OH excluding ortho intramolecular Hbond substituents is 1. The van der Waals surface area contributed by atoms with Crippen molar-refractivity contribution in [3.63, 3.8) is 0 Å². The molecule has 0 spiro atoms. The second-order valence-corrected chi connectivity index (χ2v) is 40.0. The summed E-state index contributed by atoms with van der Waals surface area (Å²) < 4.78 is 95.3. The number of likely N-dealkylation sites (tertiary alicyclic amines) is 3. The fourth-order valence-electron chi connectivity index (χ4n) is 13.6. The first-order valence-electron chi connectivity index (χ1n) is 41.0. The van der Waals surface area contributed by atoms with Crippen LogP contribution in [0.3, 0.4) is 0 Å². The van der Waals surface area contributed by atoms with E-state index in [4.69, 9.17) is 61.1 Å². The lowest BCUT2D eigenvalue weighted by molar-refractivity contribution is 0.00578. The van der Waals surface area contributed by atoms with Crippen molar-refractivity contribution < 1.29 is 84.0 Å². The Balaban J connectivity index is 0.000000243. The van der Waals surface area contributed by atoms with Crippen molar-refractivity contribution >= 4 is 137 Å². The second-order valence-electron chi connectivity index (χ2n) is 34.6. The number of ether oxygens (including phenoxy) is 9. The van der Waals surface area contributed by atoms with E-state index in [1.165, 1.54) is 49.8 Å². The normalized spacial score (nSPS) is 15.3. The molecule has 0 atom stereocenters. The van der Waals surface area contributed by atoms with Gasteiger partial charge in [0.2, 0.25) is 0 Å². The van der Waals surface area contributed by atoms with E-state index in [1.54, 1.807) is 80.9 Å². The molecule has 4 aliphatic heterocycles. The summed E-state index contributed by atoms with van der Waals surface area (Å²) in [6.45, 7) is 33.0. The Bertz CT molecular complexity index is 5460. The molecule has 3 amide bonds. The maximum absolute atomic E-state index is 12.9. The maximum atomic E-state index is 12.9. The van der Waals surface area contributed by atoms with Gasteiger partial charge in [-0.1, -0.05) is 93.5 Å². The predicted molar refractivity (Wildman–Crippen MR) is 514 cm³/mol. The van der Waals surface area contributed by atoms with E-state index in [2.05, 4.69) is 71.2 Å². The lowest BCUT2D eigenvalue weighted by Crippen LogP contribution is -2.47. The Hall–Kier alpha value is -9.71. The molecule has 0 saturated carbocycles. The molecular formula is C90H129BBrN15O18S4. The molecule has 14 rings (SSSR count). The largest absolute Gasteiger partial charge is 0.508 e. The minimum Gasteiger partial charge on any atom is -0.508 e. The highest BCUT2D eigenvalue weighted by Gasteiger charge is 2.53. The molecule has 10 aromatic rings. The van der Waals surface area contributed by atoms with Gasteiger partial charge in [-0.15, -0.1) is 30.6 Å². The Kier molecular flexibility index (Phi) is 37.4. The summed E-state index contributed by atoms with van der Waals surface area (Å²) >= 11 is 7.98. The fraction of sp³-hybridized carbons (Fsp3) is 0.533. The van der Waals surface area contributed by atoms with Crippen LogP contribution < -0.4 is 38.6 Å². The summed E-state index contributed by atoms with van der Waals surface area (Å²) in [6, 6.07) is 28.5. The van der Waals surface area contributed by atoms with E-state index >= 15 is 0 Å². The number of phenols is 1. The number of hydrogen-bond donors (Lipinski definition) is 1. The summed E-state index contributed by atoms with van der Waals surface area (Å²) in [7, 11) is 6.22. The number of carbonyl (C=O) groups excluding carboxylic acids is 3. The van der Waals surface area contributed by atoms with E-state index in [0.29, 0.717) is 101 Å². The quantitative estimate of drug-likeness (QED) is 0.0302. The molecule has 0 aliphatic carbocycles. The van der Waals surface area contributed by atoms with E-state index in [0.717, 1.165) is 90.4 Å². The van der Waals surface area contributed by atoms with Crippen LogP contribution in [-0.4, -0.2) is 247 Å². The molecule has 0 radical (unpaired) electrons. The Morgan fingerprint density at radius 2 is 0.845 bits per heavy atom. The minimum atomic E-state index is -4.05. The number of halogens is 1. The highest BCUT2D eigenvalue weighted by molar-refractivity contribution is 9.10. The van der Waals surface area contributed by atoms with Crippen molar-refractivity contribution in [2.75, 3.05) is 117 Å². The first kappa shape index (κ1) is 106. The van der Waals surface area contributed by atoms with Crippen molar-refractivity contribution in [3.8, 4) is 51.3 Å². The predicted octanol–water partition coefficient (Wildman–Crippen LogP) is 18.4. The highest BCUT2D eigenvalue weighted by Crippen LogP contribution is 2.42. The monoisotopic (exact) mass is 1930 g/mol. The first-order chi connectivity index (χ1) is 59.0. The van der Waals surface area contributed by atoms with Gasteiger partial charge < -0.3 is 90.6 Å². The van der Waals surface area contributed by atoms with Gasteiger partial charge in [0, 0.05) is 129 Å². The number of aromatic hydroxyl groups is 1. The summed E-state index contributed by atoms with van der Waals surface area (Å²) in [5.41, 5.74) is 4.93. The molecule has 10 heterocycles. The van der Waals surface area contributed by atoms with Crippen LogP contribution in [0.15, 0.2) is 107 Å². The number of methoxy groups -OCH3 is 3. The molecule has 39 heteroatoms. The van der Waals surface area contributed by atoms with Crippen LogP contribution in [0, 0.1) is 13.8 Å². The van der Waals surface area contributed by atoms with Crippen molar-refractivity contribution in [1.82, 2.24) is 60.2 Å².